The topological polar surface area (TPSA) is 43.4 Å². The number of hydrogen-bond donors (Lipinski definition) is 0. The molecule has 0 aromatic rings. The Bertz CT molecular complexity index is 239. The zero-order chi connectivity index (χ0) is 10.8. The summed E-state index contributed by atoms with van der Waals surface area (Å²) >= 11 is 0. The Kier molecular flexibility index (Phi) is 7.42. The van der Waals surface area contributed by atoms with Crippen molar-refractivity contribution in [1.29, 1.82) is 0 Å². The first-order chi connectivity index (χ1) is 6.70. The van der Waals surface area contributed by atoms with Gasteiger partial charge in [0, 0.05) is 6.42 Å². The van der Waals surface area contributed by atoms with Crippen LogP contribution in [0.1, 0.15) is 26.2 Å². The summed E-state index contributed by atoms with van der Waals surface area (Å²) in [4.78, 5) is 21.8. The summed E-state index contributed by atoms with van der Waals surface area (Å²) in [6.45, 7) is 1.92. The van der Waals surface area contributed by atoms with E-state index in [0.29, 0.717) is 12.8 Å². The molecule has 0 aliphatic carbocycles. The second-order valence-electron chi connectivity index (χ2n) is 2.78. The summed E-state index contributed by atoms with van der Waals surface area (Å²) in [5.74, 6) is -0.547. The average Bonchev–Trinajstić information content (AvgIpc) is 2.17. The predicted molar refractivity (Wildman–Crippen MR) is 54.8 cm³/mol. The molecular weight excluding hydrogens is 180 g/mol. The van der Waals surface area contributed by atoms with Gasteiger partial charge in [-0.25, -0.2) is 0 Å². The molecule has 0 fully saturated rings. The van der Waals surface area contributed by atoms with Crippen molar-refractivity contribution in [2.45, 2.75) is 26.2 Å². The van der Waals surface area contributed by atoms with E-state index >= 15 is 0 Å². The molecule has 0 saturated carbocycles. The fourth-order valence-electron chi connectivity index (χ4n) is 0.852. The number of methoxy groups -OCH3 is 1. The van der Waals surface area contributed by atoms with E-state index in [-0.39, 0.29) is 12.2 Å². The van der Waals surface area contributed by atoms with Crippen molar-refractivity contribution in [2.75, 3.05) is 7.11 Å². The second kappa shape index (κ2) is 8.23. The van der Waals surface area contributed by atoms with E-state index < -0.39 is 5.97 Å². The Morgan fingerprint density at radius 2 is 2.00 bits per heavy atom. The molecule has 14 heavy (non-hydrogen) atoms. The number of esters is 1. The van der Waals surface area contributed by atoms with Crippen LogP contribution in [0.3, 0.4) is 0 Å². The lowest BCUT2D eigenvalue weighted by Gasteiger charge is -1.96. The van der Waals surface area contributed by atoms with E-state index in [1.807, 2.05) is 31.2 Å². The van der Waals surface area contributed by atoms with Gasteiger partial charge in [0.05, 0.1) is 7.11 Å². The number of ketones is 1. The summed E-state index contributed by atoms with van der Waals surface area (Å²) in [6.07, 6.45) is 8.52. The average molecular weight is 196 g/mol. The minimum absolute atomic E-state index is 0.0815. The quantitative estimate of drug-likeness (QED) is 0.371. The molecule has 0 aliphatic heterocycles. The minimum Gasteiger partial charge on any atom is -0.469 e. The van der Waals surface area contributed by atoms with Crippen molar-refractivity contribution >= 4 is 11.8 Å². The van der Waals surface area contributed by atoms with E-state index in [9.17, 15) is 9.59 Å². The number of carbonyl (C=O) groups excluding carboxylic acids is 2. The first kappa shape index (κ1) is 12.6. The number of ether oxygens (including phenoxy) is 1. The van der Waals surface area contributed by atoms with Crippen LogP contribution >= 0.6 is 0 Å². The van der Waals surface area contributed by atoms with Crippen molar-refractivity contribution in [3.63, 3.8) is 0 Å². The molecule has 0 saturated heterocycles. The molecule has 0 rings (SSSR count). The monoisotopic (exact) mass is 196 g/mol. The third kappa shape index (κ3) is 7.28. The van der Waals surface area contributed by atoms with E-state index in [0.717, 1.165) is 0 Å². The summed E-state index contributed by atoms with van der Waals surface area (Å²) in [5.41, 5.74) is 0. The molecule has 0 N–H and O–H groups in total. The highest BCUT2D eigenvalue weighted by molar-refractivity contribution is 5.95. The third-order valence-corrected chi connectivity index (χ3v) is 1.60. The zero-order valence-corrected chi connectivity index (χ0v) is 8.66. The van der Waals surface area contributed by atoms with E-state index in [1.165, 1.54) is 7.11 Å². The number of rotatable bonds is 6. The molecule has 0 bridgehead atoms. The Morgan fingerprint density at radius 3 is 2.57 bits per heavy atom. The molecule has 0 aromatic heterocycles. The van der Waals surface area contributed by atoms with E-state index in [1.54, 1.807) is 0 Å². The molecule has 0 radical (unpaired) electrons. The van der Waals surface area contributed by atoms with Crippen LogP contribution in [-0.4, -0.2) is 18.9 Å². The molecule has 0 spiro atoms. The molecule has 0 amide bonds. The summed E-state index contributed by atoms with van der Waals surface area (Å²) in [7, 11) is 1.28. The predicted octanol–water partition coefficient (Wildman–Crippen LogP) is 2.03. The van der Waals surface area contributed by atoms with Crippen LogP contribution in [0.15, 0.2) is 24.3 Å². The van der Waals surface area contributed by atoms with Gasteiger partial charge in [-0.2, -0.15) is 0 Å². The maximum absolute atomic E-state index is 11.1. The highest BCUT2D eigenvalue weighted by atomic mass is 16.5. The molecule has 3 nitrogen and oxygen atoms in total. The van der Waals surface area contributed by atoms with Crippen molar-refractivity contribution in [3.05, 3.63) is 24.3 Å². The lowest BCUT2D eigenvalue weighted by molar-refractivity contribution is -0.143. The molecule has 0 aromatic carbocycles. The lowest BCUT2D eigenvalue weighted by atomic mass is 10.1. The molecule has 0 heterocycles. The number of allylic oxidation sites excluding steroid dienone is 4. The SMILES string of the molecule is C/C=C/C=C\CCC(=O)CC(=O)OC. The van der Waals surface area contributed by atoms with Gasteiger partial charge in [-0.3, -0.25) is 9.59 Å². The summed E-state index contributed by atoms with van der Waals surface area (Å²) < 4.78 is 4.38. The van der Waals surface area contributed by atoms with Crippen LogP contribution in [0.2, 0.25) is 0 Å². The van der Waals surface area contributed by atoms with Gasteiger partial charge in [0.25, 0.3) is 0 Å². The molecule has 78 valence electrons. The standard InChI is InChI=1S/C11H16O3/c1-3-4-5-6-7-8-10(12)9-11(13)14-2/h3-6H,7-9H2,1-2H3/b4-3+,6-5-. The third-order valence-electron chi connectivity index (χ3n) is 1.60. The van der Waals surface area contributed by atoms with Crippen LogP contribution in [0.4, 0.5) is 0 Å². The minimum atomic E-state index is -0.465. The van der Waals surface area contributed by atoms with Gasteiger partial charge in [-0.05, 0) is 13.3 Å². The van der Waals surface area contributed by atoms with Gasteiger partial charge in [0.1, 0.15) is 12.2 Å². The van der Waals surface area contributed by atoms with Crippen molar-refractivity contribution in [3.8, 4) is 0 Å². The number of Topliss-reactive ketones (excluding diaryl/α,β-unsaturated/α-hetero) is 1. The van der Waals surface area contributed by atoms with Gasteiger partial charge in [0.15, 0.2) is 0 Å². The maximum atomic E-state index is 11.1. The Labute approximate surface area is 84.4 Å². The fourth-order valence-corrected chi connectivity index (χ4v) is 0.852. The fraction of sp³-hybridized carbons (Fsp3) is 0.455. The highest BCUT2D eigenvalue weighted by Gasteiger charge is 2.07. The molecule has 0 unspecified atom stereocenters. The molecular formula is C11H16O3. The number of hydrogen-bond acceptors (Lipinski definition) is 3. The van der Waals surface area contributed by atoms with Gasteiger partial charge >= 0.3 is 5.97 Å². The van der Waals surface area contributed by atoms with Gasteiger partial charge < -0.3 is 4.74 Å². The zero-order valence-electron chi connectivity index (χ0n) is 8.66. The largest absolute Gasteiger partial charge is 0.469 e. The van der Waals surface area contributed by atoms with Crippen LogP contribution in [0, 0.1) is 0 Å². The van der Waals surface area contributed by atoms with Gasteiger partial charge in [-0.1, -0.05) is 24.3 Å². The van der Waals surface area contributed by atoms with Crippen LogP contribution in [-0.2, 0) is 14.3 Å². The summed E-state index contributed by atoms with van der Waals surface area (Å²) in [6, 6.07) is 0. The first-order valence-electron chi connectivity index (χ1n) is 4.57. The molecule has 3 heteroatoms. The lowest BCUT2D eigenvalue weighted by Crippen LogP contribution is -2.08. The summed E-state index contributed by atoms with van der Waals surface area (Å²) in [5, 5.41) is 0. The van der Waals surface area contributed by atoms with Crippen molar-refractivity contribution in [2.24, 2.45) is 0 Å². The smallest absolute Gasteiger partial charge is 0.313 e. The second-order valence-corrected chi connectivity index (χ2v) is 2.78. The highest BCUT2D eigenvalue weighted by Crippen LogP contribution is 1.98. The number of carbonyl (C=O) groups is 2. The Hall–Kier alpha value is -1.38. The Balaban J connectivity index is 3.59. The van der Waals surface area contributed by atoms with E-state index in [2.05, 4.69) is 4.74 Å². The molecule has 0 atom stereocenters. The van der Waals surface area contributed by atoms with Gasteiger partial charge in [0.2, 0.25) is 0 Å². The van der Waals surface area contributed by atoms with Crippen LogP contribution < -0.4 is 0 Å². The molecule has 0 aliphatic rings. The van der Waals surface area contributed by atoms with Crippen molar-refractivity contribution < 1.29 is 14.3 Å². The maximum Gasteiger partial charge on any atom is 0.313 e. The normalized spacial score (nSPS) is 11.0. The van der Waals surface area contributed by atoms with Crippen LogP contribution in [0.25, 0.3) is 0 Å². The van der Waals surface area contributed by atoms with E-state index in [4.69, 9.17) is 0 Å². The van der Waals surface area contributed by atoms with Gasteiger partial charge in [-0.15, -0.1) is 0 Å². The van der Waals surface area contributed by atoms with Crippen LogP contribution in [0.5, 0.6) is 0 Å². The van der Waals surface area contributed by atoms with Crippen molar-refractivity contribution in [1.82, 2.24) is 0 Å². The Morgan fingerprint density at radius 1 is 1.29 bits per heavy atom. The first-order valence-corrected chi connectivity index (χ1v) is 4.57.